The summed E-state index contributed by atoms with van der Waals surface area (Å²) in [6.07, 6.45) is 3.77. The van der Waals surface area contributed by atoms with Crippen molar-refractivity contribution in [3.8, 4) is 0 Å². The van der Waals surface area contributed by atoms with Gasteiger partial charge in [0.05, 0.1) is 0 Å². The quantitative estimate of drug-likeness (QED) is 0.759. The van der Waals surface area contributed by atoms with Gasteiger partial charge in [0.15, 0.2) is 0 Å². The zero-order valence-corrected chi connectivity index (χ0v) is 11.6. The maximum Gasteiger partial charge on any atom is 0.133 e. The topological polar surface area (TPSA) is 29.0 Å². The minimum absolute atomic E-state index is 0.842. The van der Waals surface area contributed by atoms with E-state index in [0.29, 0.717) is 0 Å². The van der Waals surface area contributed by atoms with Crippen LogP contribution in [0.1, 0.15) is 11.1 Å². The van der Waals surface area contributed by atoms with Crippen LogP contribution in [0.2, 0.25) is 0 Å². The van der Waals surface area contributed by atoms with Gasteiger partial charge in [0.2, 0.25) is 0 Å². The Kier molecular flexibility index (Phi) is 3.28. The first-order valence-electron chi connectivity index (χ1n) is 6.12. The van der Waals surface area contributed by atoms with E-state index in [1.807, 2.05) is 6.07 Å². The summed E-state index contributed by atoms with van der Waals surface area (Å²) in [6.45, 7) is 2.03. The molecule has 1 aromatic carbocycles. The fraction of sp³-hybridized carbons (Fsp3) is 0.286. The van der Waals surface area contributed by atoms with Crippen LogP contribution in [0, 0.1) is 0 Å². The maximum absolute atomic E-state index is 4.35. The molecule has 1 aliphatic rings. The average molecular weight is 304 g/mol. The van der Waals surface area contributed by atoms with Gasteiger partial charge in [0.25, 0.3) is 0 Å². The smallest absolute Gasteiger partial charge is 0.133 e. The van der Waals surface area contributed by atoms with Crippen LogP contribution < -0.4 is 4.90 Å². The second-order valence-electron chi connectivity index (χ2n) is 4.45. The minimum Gasteiger partial charge on any atom is -0.356 e. The molecule has 2 heterocycles. The summed E-state index contributed by atoms with van der Waals surface area (Å²) in [5.41, 5.74) is 2.93. The second kappa shape index (κ2) is 5.06. The summed E-state index contributed by atoms with van der Waals surface area (Å²) in [4.78, 5) is 10.8. The molecule has 1 aromatic heterocycles. The lowest BCUT2D eigenvalue weighted by Gasteiger charge is -2.21. The Morgan fingerprint density at radius 2 is 1.67 bits per heavy atom. The number of fused-ring (bicyclic) bond motifs is 1. The van der Waals surface area contributed by atoms with Crippen LogP contribution in [0.5, 0.6) is 0 Å². The van der Waals surface area contributed by atoms with E-state index in [1.165, 1.54) is 11.1 Å². The normalized spacial score (nSPS) is 15.1. The van der Waals surface area contributed by atoms with E-state index in [9.17, 15) is 0 Å². The standard InChI is InChI=1S/C14H14BrN3/c15-13-9-14(17-10-16-13)18-7-5-11-3-1-2-4-12(11)6-8-18/h1-4,9-10H,5-8H2. The largest absolute Gasteiger partial charge is 0.356 e. The first kappa shape index (κ1) is 11.7. The highest BCUT2D eigenvalue weighted by molar-refractivity contribution is 9.10. The van der Waals surface area contributed by atoms with E-state index in [2.05, 4.69) is 55.1 Å². The van der Waals surface area contributed by atoms with Crippen molar-refractivity contribution in [2.24, 2.45) is 0 Å². The molecule has 3 rings (SSSR count). The second-order valence-corrected chi connectivity index (χ2v) is 5.27. The monoisotopic (exact) mass is 303 g/mol. The van der Waals surface area contributed by atoms with Crippen molar-refractivity contribution in [2.75, 3.05) is 18.0 Å². The van der Waals surface area contributed by atoms with Crippen molar-refractivity contribution in [1.29, 1.82) is 0 Å². The van der Waals surface area contributed by atoms with Crippen molar-refractivity contribution >= 4 is 21.7 Å². The highest BCUT2D eigenvalue weighted by atomic mass is 79.9. The van der Waals surface area contributed by atoms with E-state index < -0.39 is 0 Å². The number of nitrogens with zero attached hydrogens (tertiary/aromatic N) is 3. The summed E-state index contributed by atoms with van der Waals surface area (Å²) in [5.74, 6) is 1.00. The fourth-order valence-electron chi connectivity index (χ4n) is 2.39. The van der Waals surface area contributed by atoms with Crippen molar-refractivity contribution in [1.82, 2.24) is 9.97 Å². The van der Waals surface area contributed by atoms with Crippen LogP contribution in [-0.2, 0) is 12.8 Å². The molecule has 0 radical (unpaired) electrons. The highest BCUT2D eigenvalue weighted by Gasteiger charge is 2.14. The van der Waals surface area contributed by atoms with Crippen LogP contribution in [-0.4, -0.2) is 23.1 Å². The Labute approximate surface area is 115 Å². The molecule has 0 amide bonds. The lowest BCUT2D eigenvalue weighted by atomic mass is 10.0. The Hall–Kier alpha value is -1.42. The average Bonchev–Trinajstić information content (AvgIpc) is 2.61. The SMILES string of the molecule is Brc1cc(N2CCc3ccccc3CC2)ncn1. The first-order valence-corrected chi connectivity index (χ1v) is 6.91. The van der Waals surface area contributed by atoms with Crippen molar-refractivity contribution in [3.05, 3.63) is 52.4 Å². The highest BCUT2D eigenvalue weighted by Crippen LogP contribution is 2.20. The van der Waals surface area contributed by atoms with Crippen molar-refractivity contribution < 1.29 is 0 Å². The van der Waals surface area contributed by atoms with Crippen molar-refractivity contribution in [2.45, 2.75) is 12.8 Å². The molecule has 1 aliphatic heterocycles. The number of aromatic nitrogens is 2. The molecule has 0 bridgehead atoms. The molecule has 4 heteroatoms. The number of hydrogen-bond donors (Lipinski definition) is 0. The van der Waals surface area contributed by atoms with Crippen LogP contribution >= 0.6 is 15.9 Å². The van der Waals surface area contributed by atoms with Gasteiger partial charge < -0.3 is 4.90 Å². The number of hydrogen-bond acceptors (Lipinski definition) is 3. The van der Waals surface area contributed by atoms with E-state index in [0.717, 1.165) is 36.4 Å². The Balaban J connectivity index is 1.83. The van der Waals surface area contributed by atoms with Gasteiger partial charge in [0, 0.05) is 19.2 Å². The molecule has 0 saturated heterocycles. The molecule has 0 unspecified atom stereocenters. The Bertz CT molecular complexity index is 529. The summed E-state index contributed by atoms with van der Waals surface area (Å²) in [6, 6.07) is 10.7. The van der Waals surface area contributed by atoms with E-state index >= 15 is 0 Å². The van der Waals surface area contributed by atoms with Gasteiger partial charge >= 0.3 is 0 Å². The van der Waals surface area contributed by atoms with Gasteiger partial charge in [-0.05, 0) is 39.9 Å². The van der Waals surface area contributed by atoms with Crippen LogP contribution in [0.15, 0.2) is 41.3 Å². The molecule has 0 fully saturated rings. The number of rotatable bonds is 1. The molecule has 0 aliphatic carbocycles. The number of benzene rings is 1. The summed E-state index contributed by atoms with van der Waals surface area (Å²) in [7, 11) is 0. The Morgan fingerprint density at radius 1 is 1.00 bits per heavy atom. The van der Waals surface area contributed by atoms with E-state index in [1.54, 1.807) is 6.33 Å². The first-order chi connectivity index (χ1) is 8.83. The zero-order valence-electron chi connectivity index (χ0n) is 10.0. The minimum atomic E-state index is 0.842. The molecular weight excluding hydrogens is 290 g/mol. The van der Waals surface area contributed by atoms with Crippen LogP contribution in [0.4, 0.5) is 5.82 Å². The fourth-order valence-corrected chi connectivity index (χ4v) is 2.69. The zero-order chi connectivity index (χ0) is 12.4. The summed E-state index contributed by atoms with van der Waals surface area (Å²) in [5, 5.41) is 0. The predicted octanol–water partition coefficient (Wildman–Crippen LogP) is 2.84. The van der Waals surface area contributed by atoms with Crippen molar-refractivity contribution in [3.63, 3.8) is 0 Å². The lowest BCUT2D eigenvalue weighted by Crippen LogP contribution is -2.26. The molecule has 0 N–H and O–H groups in total. The summed E-state index contributed by atoms with van der Waals surface area (Å²) < 4.78 is 0.842. The molecule has 92 valence electrons. The number of halogens is 1. The van der Waals surface area contributed by atoms with Gasteiger partial charge in [-0.2, -0.15) is 0 Å². The van der Waals surface area contributed by atoms with Gasteiger partial charge in [-0.1, -0.05) is 24.3 Å². The third-order valence-corrected chi connectivity index (χ3v) is 3.80. The third kappa shape index (κ3) is 2.38. The molecule has 0 atom stereocenters. The van der Waals surface area contributed by atoms with E-state index in [-0.39, 0.29) is 0 Å². The maximum atomic E-state index is 4.35. The molecule has 2 aromatic rings. The third-order valence-electron chi connectivity index (χ3n) is 3.36. The predicted molar refractivity (Wildman–Crippen MR) is 75.8 cm³/mol. The van der Waals surface area contributed by atoms with Gasteiger partial charge in [-0.15, -0.1) is 0 Å². The van der Waals surface area contributed by atoms with Crippen LogP contribution in [0.25, 0.3) is 0 Å². The summed E-state index contributed by atoms with van der Waals surface area (Å²) >= 11 is 3.40. The van der Waals surface area contributed by atoms with Gasteiger partial charge in [-0.25, -0.2) is 9.97 Å². The van der Waals surface area contributed by atoms with Crippen LogP contribution in [0.3, 0.4) is 0 Å². The number of anilines is 1. The molecule has 3 nitrogen and oxygen atoms in total. The molecular formula is C14H14BrN3. The lowest BCUT2D eigenvalue weighted by molar-refractivity contribution is 0.787. The van der Waals surface area contributed by atoms with Gasteiger partial charge in [0.1, 0.15) is 16.7 Å². The molecule has 0 saturated carbocycles. The Morgan fingerprint density at radius 3 is 2.28 bits per heavy atom. The molecule has 0 spiro atoms. The van der Waals surface area contributed by atoms with Gasteiger partial charge in [-0.3, -0.25) is 0 Å². The molecule has 18 heavy (non-hydrogen) atoms. The van der Waals surface area contributed by atoms with E-state index in [4.69, 9.17) is 0 Å².